The van der Waals surface area contributed by atoms with Crippen LogP contribution in [-0.2, 0) is 18.8 Å². The van der Waals surface area contributed by atoms with E-state index in [1.165, 1.54) is 25.7 Å². The normalized spacial score (nSPS) is 38.5. The summed E-state index contributed by atoms with van der Waals surface area (Å²) in [5.74, 6) is 1.18. The van der Waals surface area contributed by atoms with Crippen LogP contribution >= 0.6 is 0 Å². The van der Waals surface area contributed by atoms with Gasteiger partial charge in [-0.1, -0.05) is 39.9 Å². The van der Waals surface area contributed by atoms with E-state index in [4.69, 9.17) is 9.16 Å². The topological polar surface area (TPSA) is 55.8 Å². The Labute approximate surface area is 214 Å². The number of hydrogen-bond acceptors (Lipinski definition) is 4. The van der Waals surface area contributed by atoms with Gasteiger partial charge in [0.2, 0.25) is 5.91 Å². The maximum atomic E-state index is 14.0. The molecule has 1 unspecified atom stereocenters. The van der Waals surface area contributed by atoms with Crippen molar-refractivity contribution in [2.75, 3.05) is 6.61 Å². The minimum atomic E-state index is -2.07. The van der Waals surface area contributed by atoms with Gasteiger partial charge in [0, 0.05) is 17.2 Å². The molecule has 196 valence electrons. The fourth-order valence-corrected chi connectivity index (χ4v) is 10.8. The molecule has 1 aliphatic heterocycles. The Kier molecular flexibility index (Phi) is 6.89. The zero-order chi connectivity index (χ0) is 26.0. The van der Waals surface area contributed by atoms with Crippen LogP contribution in [0, 0.1) is 28.6 Å². The Morgan fingerprint density at radius 2 is 1.80 bits per heavy atom. The van der Waals surface area contributed by atoms with Gasteiger partial charge < -0.3 is 13.7 Å². The van der Waals surface area contributed by atoms with Crippen LogP contribution in [-0.4, -0.2) is 45.7 Å². The molecule has 0 spiro atoms. The van der Waals surface area contributed by atoms with Crippen LogP contribution in [0.2, 0.25) is 39.3 Å². The highest BCUT2D eigenvalue weighted by Crippen LogP contribution is 2.66. The molecule has 1 saturated heterocycles. The third-order valence-corrected chi connectivity index (χ3v) is 12.0. The number of carbonyl (C=O) groups is 2. The molecule has 3 fully saturated rings. The molecule has 3 aliphatic carbocycles. The first kappa shape index (κ1) is 26.9. The Morgan fingerprint density at radius 3 is 2.40 bits per heavy atom. The predicted octanol–water partition coefficient (Wildman–Crippen LogP) is 6.50. The zero-order valence-electron chi connectivity index (χ0n) is 23.5. The van der Waals surface area contributed by atoms with Gasteiger partial charge in [-0.05, 0) is 93.5 Å². The number of fused-ring (bicyclic) bond motifs is 5. The maximum Gasteiger partial charge on any atom is 0.331 e. The number of rotatable bonds is 5. The van der Waals surface area contributed by atoms with E-state index >= 15 is 0 Å². The average molecular weight is 518 g/mol. The van der Waals surface area contributed by atoms with E-state index in [0.717, 1.165) is 24.1 Å². The van der Waals surface area contributed by atoms with Crippen molar-refractivity contribution >= 4 is 28.4 Å². The third kappa shape index (κ3) is 4.77. The van der Waals surface area contributed by atoms with Crippen LogP contribution < -0.4 is 0 Å². The molecule has 1 amide bonds. The Bertz CT molecular complexity index is 946. The van der Waals surface area contributed by atoms with Gasteiger partial charge in [-0.25, -0.2) is 4.79 Å². The second-order valence-corrected chi connectivity index (χ2v) is 23.2. The summed E-state index contributed by atoms with van der Waals surface area (Å²) in [4.78, 5) is 26.7. The molecule has 0 aromatic rings. The van der Waals surface area contributed by atoms with Crippen molar-refractivity contribution in [2.45, 2.75) is 105 Å². The van der Waals surface area contributed by atoms with Crippen molar-refractivity contribution in [3.8, 4) is 0 Å². The van der Waals surface area contributed by atoms with E-state index in [1.54, 1.807) is 6.08 Å². The molecular formula is C28H47NO4Si2. The molecule has 7 heteroatoms. The van der Waals surface area contributed by atoms with E-state index in [2.05, 4.69) is 63.8 Å². The summed E-state index contributed by atoms with van der Waals surface area (Å²) in [6.07, 6.45) is 10.5. The van der Waals surface area contributed by atoms with Crippen molar-refractivity contribution in [3.63, 3.8) is 0 Å². The van der Waals surface area contributed by atoms with Gasteiger partial charge in [-0.15, -0.1) is 0 Å². The first-order valence-corrected chi connectivity index (χ1v) is 20.6. The van der Waals surface area contributed by atoms with E-state index < -0.39 is 16.6 Å². The summed E-state index contributed by atoms with van der Waals surface area (Å²) in [6, 6.07) is 0. The molecule has 0 radical (unpaired) electrons. The maximum absolute atomic E-state index is 14.0. The number of hydrogen-bond donors (Lipinski definition) is 0. The molecule has 6 atom stereocenters. The summed E-state index contributed by atoms with van der Waals surface area (Å²) in [5.41, 5.74) is 2.43. The fraction of sp³-hybridized carbons (Fsp3) is 0.786. The number of carbonyl (C=O) groups excluding carboxylic acids is 2. The summed E-state index contributed by atoms with van der Waals surface area (Å²) in [7, 11) is -3.98. The lowest BCUT2D eigenvalue weighted by atomic mass is 9.49. The minimum Gasteiger partial charge on any atom is -0.463 e. The summed E-state index contributed by atoms with van der Waals surface area (Å²) in [5, 5.41) is 0. The minimum absolute atomic E-state index is 0.130. The summed E-state index contributed by atoms with van der Waals surface area (Å²) in [6.45, 7) is 20.4. The SMILES string of the molecule is CCOC(=O)C=C1C=C2N([Si](C)(C)C)C(=O)C(O[Si](C)(C)C)C[C@]2(C)[C@H]2CC[C@]3(C)CCC[C@H]3[C@H]12. The molecule has 4 aliphatic rings. The van der Waals surface area contributed by atoms with Crippen molar-refractivity contribution in [1.82, 2.24) is 4.57 Å². The molecule has 0 bridgehead atoms. The van der Waals surface area contributed by atoms with Gasteiger partial charge in [0.1, 0.15) is 6.10 Å². The fourth-order valence-electron chi connectivity index (χ4n) is 7.90. The second-order valence-electron chi connectivity index (χ2n) is 13.9. The molecule has 35 heavy (non-hydrogen) atoms. The molecule has 0 N–H and O–H groups in total. The number of allylic oxidation sites excluding steroid dienone is 3. The Balaban J connectivity index is 1.89. The van der Waals surface area contributed by atoms with Crippen LogP contribution in [0.15, 0.2) is 23.4 Å². The van der Waals surface area contributed by atoms with Crippen LogP contribution in [0.3, 0.4) is 0 Å². The molecule has 2 saturated carbocycles. The highest BCUT2D eigenvalue weighted by atomic mass is 28.4. The monoisotopic (exact) mass is 517 g/mol. The summed E-state index contributed by atoms with van der Waals surface area (Å²) >= 11 is 0. The molecule has 5 nitrogen and oxygen atoms in total. The highest BCUT2D eigenvalue weighted by molar-refractivity contribution is 6.76. The average Bonchev–Trinajstić information content (AvgIpc) is 3.09. The van der Waals surface area contributed by atoms with Crippen LogP contribution in [0.1, 0.15) is 59.3 Å². The Hall–Kier alpha value is -1.19. The lowest BCUT2D eigenvalue weighted by molar-refractivity contribution is -0.142. The largest absolute Gasteiger partial charge is 0.463 e. The molecule has 1 heterocycles. The van der Waals surface area contributed by atoms with Gasteiger partial charge in [0.25, 0.3) is 0 Å². The molecular weight excluding hydrogens is 470 g/mol. The molecule has 0 aromatic heterocycles. The van der Waals surface area contributed by atoms with Gasteiger partial charge in [0.15, 0.2) is 16.6 Å². The van der Waals surface area contributed by atoms with Crippen molar-refractivity contribution in [3.05, 3.63) is 23.4 Å². The van der Waals surface area contributed by atoms with E-state index in [1.807, 2.05) is 6.92 Å². The zero-order valence-corrected chi connectivity index (χ0v) is 25.5. The van der Waals surface area contributed by atoms with Crippen LogP contribution in [0.5, 0.6) is 0 Å². The standard InChI is InChI=1S/C28H47NO4Si2/c1-10-32-24(30)17-19-16-23-28(3,21-13-15-27(2)14-11-12-20(27)25(19)21)18-22(33-35(7,8)9)26(31)29(23)34(4,5)6/h16-17,20-22,25H,10-15,18H2,1-9H3/t20-,21-,22?,25-,27-,28+/m0/s1. The highest BCUT2D eigenvalue weighted by Gasteiger charge is 2.61. The first-order valence-electron chi connectivity index (χ1n) is 13.7. The van der Waals surface area contributed by atoms with Gasteiger partial charge in [-0.3, -0.25) is 4.79 Å². The first-order chi connectivity index (χ1) is 16.1. The van der Waals surface area contributed by atoms with Crippen molar-refractivity contribution < 1.29 is 18.8 Å². The van der Waals surface area contributed by atoms with E-state index in [9.17, 15) is 9.59 Å². The third-order valence-electron chi connectivity index (χ3n) is 9.23. The smallest absolute Gasteiger partial charge is 0.331 e. The van der Waals surface area contributed by atoms with Gasteiger partial charge in [0.05, 0.1) is 6.61 Å². The summed E-state index contributed by atoms with van der Waals surface area (Å²) < 4.78 is 14.1. The lowest BCUT2D eigenvalue weighted by Gasteiger charge is -2.61. The van der Waals surface area contributed by atoms with Crippen LogP contribution in [0.25, 0.3) is 0 Å². The quantitative estimate of drug-likeness (QED) is 0.237. The lowest BCUT2D eigenvalue weighted by Crippen LogP contribution is -2.64. The number of nitrogens with zero attached hydrogens (tertiary/aromatic N) is 1. The number of amides is 1. The van der Waals surface area contributed by atoms with Gasteiger partial charge >= 0.3 is 5.97 Å². The van der Waals surface area contributed by atoms with E-state index in [-0.39, 0.29) is 23.4 Å². The number of esters is 1. The molecule has 0 aromatic carbocycles. The molecule has 4 rings (SSSR count). The van der Waals surface area contributed by atoms with Crippen LogP contribution in [0.4, 0.5) is 0 Å². The number of ether oxygens (including phenoxy) is 1. The van der Waals surface area contributed by atoms with E-state index in [0.29, 0.717) is 29.8 Å². The Morgan fingerprint density at radius 1 is 1.11 bits per heavy atom. The number of piperidine rings is 1. The van der Waals surface area contributed by atoms with Gasteiger partial charge in [-0.2, -0.15) is 0 Å². The van der Waals surface area contributed by atoms with Crippen molar-refractivity contribution in [2.24, 2.45) is 28.6 Å². The predicted molar refractivity (Wildman–Crippen MR) is 146 cm³/mol. The van der Waals surface area contributed by atoms with Crippen molar-refractivity contribution in [1.29, 1.82) is 0 Å². The second kappa shape index (κ2) is 8.98.